The average Bonchev–Trinajstić information content (AvgIpc) is 3.63. The molecule has 13 nitrogen and oxygen atoms in total. The van der Waals surface area contributed by atoms with Gasteiger partial charge in [0.2, 0.25) is 13.6 Å². The van der Waals surface area contributed by atoms with E-state index in [1.807, 2.05) is 0 Å². The highest BCUT2D eigenvalue weighted by molar-refractivity contribution is 5.69. The molecule has 0 saturated carbocycles. The Hall–Kier alpha value is -5.85. The maximum absolute atomic E-state index is 13.0. The van der Waals surface area contributed by atoms with Crippen molar-refractivity contribution in [3.8, 4) is 34.5 Å². The van der Waals surface area contributed by atoms with Crippen LogP contribution in [0, 0.1) is 20.2 Å². The molecule has 0 fully saturated rings. The molecular weight excluding hydrogens is 552 g/mol. The van der Waals surface area contributed by atoms with Crippen molar-refractivity contribution < 1.29 is 43.1 Å². The van der Waals surface area contributed by atoms with Crippen molar-refractivity contribution in [2.75, 3.05) is 13.6 Å². The molecule has 42 heavy (non-hydrogen) atoms. The summed E-state index contributed by atoms with van der Waals surface area (Å²) in [6.45, 7) is 0.185. The van der Waals surface area contributed by atoms with Crippen LogP contribution in [0.3, 0.4) is 0 Å². The molecular formula is C29H20N2O11. The van der Waals surface area contributed by atoms with Gasteiger partial charge in [-0.2, -0.15) is 0 Å². The Bertz CT molecular complexity index is 1610. The third kappa shape index (κ3) is 5.56. The molecule has 0 amide bonds. The monoisotopic (exact) mass is 572 g/mol. The van der Waals surface area contributed by atoms with Crippen LogP contribution in [0.2, 0.25) is 0 Å². The first-order valence-corrected chi connectivity index (χ1v) is 12.5. The van der Waals surface area contributed by atoms with Gasteiger partial charge in [0.1, 0.15) is 11.5 Å². The number of nitrogens with zero attached hydrogens (tertiary/aromatic N) is 2. The van der Waals surface area contributed by atoms with E-state index in [-0.39, 0.29) is 49.3 Å². The quantitative estimate of drug-likeness (QED) is 0.110. The maximum atomic E-state index is 13.0. The van der Waals surface area contributed by atoms with E-state index in [1.165, 1.54) is 36.4 Å². The average molecular weight is 572 g/mol. The number of nitro benzene ring substituents is 2. The number of non-ortho nitro benzene ring substituents is 2. The number of fused-ring (bicyclic) bond motifs is 2. The lowest BCUT2D eigenvalue weighted by Crippen LogP contribution is -2.16. The summed E-state index contributed by atoms with van der Waals surface area (Å²) in [5.74, 6) is 2.32. The highest BCUT2D eigenvalue weighted by atomic mass is 16.7. The Balaban J connectivity index is 1.25. The number of nitro groups is 2. The molecule has 0 radical (unpaired) electrons. The van der Waals surface area contributed by atoms with E-state index >= 15 is 0 Å². The summed E-state index contributed by atoms with van der Waals surface area (Å²) >= 11 is 0. The Morgan fingerprint density at radius 2 is 1.05 bits per heavy atom. The first-order chi connectivity index (χ1) is 20.3. The largest absolute Gasteiger partial charge is 0.519 e. The van der Waals surface area contributed by atoms with Crippen LogP contribution >= 0.6 is 0 Å². The molecule has 4 aromatic rings. The summed E-state index contributed by atoms with van der Waals surface area (Å²) in [5.41, 5.74) is 1.80. The molecule has 6 rings (SSSR count). The Kier molecular flexibility index (Phi) is 6.88. The van der Waals surface area contributed by atoms with Crippen molar-refractivity contribution in [3.63, 3.8) is 0 Å². The van der Waals surface area contributed by atoms with Gasteiger partial charge in [0, 0.05) is 48.2 Å². The number of ether oxygens (including phenoxy) is 6. The third-order valence-electron chi connectivity index (χ3n) is 6.56. The van der Waals surface area contributed by atoms with Gasteiger partial charge in [0.25, 0.3) is 11.4 Å². The van der Waals surface area contributed by atoms with Crippen molar-refractivity contribution >= 4 is 17.5 Å². The molecule has 212 valence electrons. The second-order valence-electron chi connectivity index (χ2n) is 9.28. The van der Waals surface area contributed by atoms with Crippen molar-refractivity contribution in [2.45, 2.75) is 12.8 Å². The zero-order chi connectivity index (χ0) is 29.2. The lowest BCUT2D eigenvalue weighted by atomic mass is 10.0. The minimum atomic E-state index is -1.13. The van der Waals surface area contributed by atoms with E-state index in [4.69, 9.17) is 28.4 Å². The van der Waals surface area contributed by atoms with Crippen molar-refractivity contribution in [3.05, 3.63) is 115 Å². The topological polar surface area (TPSA) is 159 Å². The molecule has 2 heterocycles. The molecule has 0 spiro atoms. The molecule has 0 saturated heterocycles. The van der Waals surface area contributed by atoms with E-state index in [0.29, 0.717) is 34.1 Å². The van der Waals surface area contributed by atoms with E-state index in [1.54, 1.807) is 36.4 Å². The van der Waals surface area contributed by atoms with Gasteiger partial charge in [-0.1, -0.05) is 12.1 Å². The summed E-state index contributed by atoms with van der Waals surface area (Å²) in [5, 5.41) is 22.9. The second-order valence-corrected chi connectivity index (χ2v) is 9.28. The fourth-order valence-electron chi connectivity index (χ4n) is 4.58. The lowest BCUT2D eigenvalue weighted by Gasteiger charge is -2.13. The molecule has 0 bridgehead atoms. The molecule has 13 heteroatoms. The summed E-state index contributed by atoms with van der Waals surface area (Å²) < 4.78 is 32.4. The zero-order valence-corrected chi connectivity index (χ0v) is 21.6. The number of rotatable bonds is 8. The van der Waals surface area contributed by atoms with E-state index < -0.39 is 16.0 Å². The first kappa shape index (κ1) is 26.4. The molecule has 4 aromatic carbocycles. The van der Waals surface area contributed by atoms with Crippen molar-refractivity contribution in [1.82, 2.24) is 0 Å². The Morgan fingerprint density at radius 1 is 0.619 bits per heavy atom. The smallest absolute Gasteiger partial charge is 0.454 e. The van der Waals surface area contributed by atoms with Gasteiger partial charge in [-0.25, -0.2) is 4.79 Å². The van der Waals surface area contributed by atoms with Crippen LogP contribution in [0.15, 0.2) is 72.8 Å². The minimum absolute atomic E-state index is 0.0440. The number of hydrogen-bond donors (Lipinski definition) is 0. The van der Waals surface area contributed by atoms with Crippen LogP contribution in [0.1, 0.15) is 22.3 Å². The highest BCUT2D eigenvalue weighted by Crippen LogP contribution is 2.36. The van der Waals surface area contributed by atoms with Crippen LogP contribution in [0.25, 0.3) is 0 Å². The molecule has 0 aromatic heterocycles. The predicted molar refractivity (Wildman–Crippen MR) is 144 cm³/mol. The summed E-state index contributed by atoms with van der Waals surface area (Å²) in [4.78, 5) is 34.7. The van der Waals surface area contributed by atoms with E-state index in [2.05, 4.69) is 0 Å². The van der Waals surface area contributed by atoms with E-state index in [9.17, 15) is 25.0 Å². The molecule has 0 unspecified atom stereocenters. The second kappa shape index (κ2) is 11.0. The Morgan fingerprint density at radius 3 is 1.48 bits per heavy atom. The summed E-state index contributed by atoms with van der Waals surface area (Å²) in [7, 11) is 0. The fraction of sp³-hybridized carbons (Fsp3) is 0.138. The lowest BCUT2D eigenvalue weighted by molar-refractivity contribution is -0.385. The van der Waals surface area contributed by atoms with Crippen LogP contribution < -0.4 is 28.4 Å². The summed E-state index contributed by atoms with van der Waals surface area (Å²) in [6.07, 6.45) is -0.779. The molecule has 2 aliphatic rings. The molecule has 2 aliphatic heterocycles. The van der Waals surface area contributed by atoms with Crippen molar-refractivity contribution in [2.24, 2.45) is 0 Å². The standard InChI is InChI=1S/C29H20N2O11/c32-29(41-23-7-3-21(30(33)34)13-19(23)9-17-1-5-25-27(11-17)39-15-37-25)42-24-8-4-22(31(35)36)14-20(24)10-18-2-6-26-28(12-18)40-16-38-26/h1-8,11-14H,9-10,15-16H2. The highest BCUT2D eigenvalue weighted by Gasteiger charge is 2.21. The normalized spacial score (nSPS) is 12.6. The van der Waals surface area contributed by atoms with Crippen LogP contribution in [-0.4, -0.2) is 29.6 Å². The Labute approximate surface area is 237 Å². The summed E-state index contributed by atoms with van der Waals surface area (Å²) in [6, 6.07) is 18.1. The minimum Gasteiger partial charge on any atom is -0.454 e. The van der Waals surface area contributed by atoms with E-state index in [0.717, 1.165) is 11.1 Å². The predicted octanol–water partition coefficient (Wildman–Crippen LogP) is 5.72. The number of benzene rings is 4. The van der Waals surface area contributed by atoms with Gasteiger partial charge in [0.15, 0.2) is 23.0 Å². The van der Waals surface area contributed by atoms with Gasteiger partial charge in [0.05, 0.1) is 9.85 Å². The van der Waals surface area contributed by atoms with Gasteiger partial charge in [-0.15, -0.1) is 0 Å². The fourth-order valence-corrected chi connectivity index (χ4v) is 4.58. The number of carbonyl (C=O) groups excluding carboxylic acids is 1. The third-order valence-corrected chi connectivity index (χ3v) is 6.56. The SMILES string of the molecule is O=C(Oc1ccc([N+](=O)[O-])cc1Cc1ccc2c(c1)OCO2)Oc1ccc([N+](=O)[O-])cc1Cc1ccc2c(c1)OCO2. The number of hydrogen-bond acceptors (Lipinski definition) is 11. The van der Waals surface area contributed by atoms with Crippen LogP contribution in [0.4, 0.5) is 16.2 Å². The van der Waals surface area contributed by atoms with Crippen LogP contribution in [0.5, 0.6) is 34.5 Å². The zero-order valence-electron chi connectivity index (χ0n) is 21.6. The van der Waals surface area contributed by atoms with Gasteiger partial charge >= 0.3 is 6.16 Å². The van der Waals surface area contributed by atoms with Crippen LogP contribution in [-0.2, 0) is 12.8 Å². The van der Waals surface area contributed by atoms with Crippen molar-refractivity contribution in [1.29, 1.82) is 0 Å². The maximum Gasteiger partial charge on any atom is 0.519 e. The first-order valence-electron chi connectivity index (χ1n) is 12.5. The van der Waals surface area contributed by atoms with Gasteiger partial charge in [-0.3, -0.25) is 20.2 Å². The molecule has 0 N–H and O–H groups in total. The number of carbonyl (C=O) groups is 1. The van der Waals surface area contributed by atoms with Gasteiger partial charge < -0.3 is 28.4 Å². The molecule has 0 aliphatic carbocycles. The molecule has 0 atom stereocenters. The van der Waals surface area contributed by atoms with Gasteiger partial charge in [-0.05, 0) is 47.5 Å².